The van der Waals surface area contributed by atoms with Crippen molar-refractivity contribution in [3.8, 4) is 0 Å². The van der Waals surface area contributed by atoms with Gasteiger partial charge in [0.15, 0.2) is 10.8 Å². The normalized spacial score (nSPS) is 15.0. The fourth-order valence-corrected chi connectivity index (χ4v) is 3.62. The van der Waals surface area contributed by atoms with Crippen LogP contribution in [0.2, 0.25) is 0 Å². The number of carbonyl (C=O) groups is 1. The fraction of sp³-hybridized carbons (Fsp3) is 0.667. The van der Waals surface area contributed by atoms with Crippen LogP contribution in [0.25, 0.3) is 11.0 Å². The zero-order chi connectivity index (χ0) is 18.5. The Morgan fingerprint density at radius 2 is 2.04 bits per heavy atom. The van der Waals surface area contributed by atoms with Crippen molar-refractivity contribution < 1.29 is 4.79 Å². The van der Waals surface area contributed by atoms with Gasteiger partial charge in [-0.1, -0.05) is 25.6 Å². The van der Waals surface area contributed by atoms with E-state index in [4.69, 9.17) is 4.98 Å². The second-order valence-corrected chi connectivity index (χ2v) is 7.91. The second kappa shape index (κ2) is 8.70. The van der Waals surface area contributed by atoms with E-state index < -0.39 is 0 Å². The molecular formula is C18H28N6OS. The summed E-state index contributed by atoms with van der Waals surface area (Å²) in [5.74, 6) is 1.45. The Morgan fingerprint density at radius 1 is 1.27 bits per heavy atom. The lowest BCUT2D eigenvalue weighted by Gasteiger charge is -2.28. The van der Waals surface area contributed by atoms with E-state index in [1.165, 1.54) is 19.3 Å². The van der Waals surface area contributed by atoms with E-state index in [0.717, 1.165) is 35.1 Å². The Labute approximate surface area is 158 Å². The molecule has 142 valence electrons. The van der Waals surface area contributed by atoms with Crippen molar-refractivity contribution in [1.29, 1.82) is 0 Å². The quantitative estimate of drug-likeness (QED) is 0.591. The highest BCUT2D eigenvalue weighted by atomic mass is 32.2. The average molecular weight is 377 g/mol. The number of nitrogens with one attached hydrogen (secondary N) is 1. The summed E-state index contributed by atoms with van der Waals surface area (Å²) in [6.45, 7) is 7.33. The summed E-state index contributed by atoms with van der Waals surface area (Å²) < 4.78 is 1.87. The molecule has 0 radical (unpaired) electrons. The van der Waals surface area contributed by atoms with Gasteiger partial charge < -0.3 is 10.2 Å². The fourth-order valence-electron chi connectivity index (χ4n) is 3.27. The zero-order valence-electron chi connectivity index (χ0n) is 15.9. The van der Waals surface area contributed by atoms with Crippen molar-refractivity contribution in [2.45, 2.75) is 51.2 Å². The van der Waals surface area contributed by atoms with Crippen LogP contribution in [-0.2, 0) is 11.3 Å². The summed E-state index contributed by atoms with van der Waals surface area (Å²) in [5, 5.41) is 9.24. The van der Waals surface area contributed by atoms with Gasteiger partial charge >= 0.3 is 0 Å². The second-order valence-electron chi connectivity index (χ2n) is 7.13. The number of nitrogens with zero attached hydrogens (tertiary/aromatic N) is 5. The number of anilines is 1. The molecule has 3 rings (SSSR count). The van der Waals surface area contributed by atoms with Crippen LogP contribution in [0.5, 0.6) is 0 Å². The Bertz CT molecular complexity index is 753. The van der Waals surface area contributed by atoms with Gasteiger partial charge in [-0.05, 0) is 31.4 Å². The van der Waals surface area contributed by atoms with Crippen molar-refractivity contribution in [2.75, 3.05) is 30.8 Å². The minimum absolute atomic E-state index is 0.0879. The topological polar surface area (TPSA) is 75.9 Å². The highest BCUT2D eigenvalue weighted by Crippen LogP contribution is 2.28. The third-order valence-corrected chi connectivity index (χ3v) is 5.08. The third-order valence-electron chi connectivity index (χ3n) is 4.53. The molecule has 0 aliphatic carbocycles. The Hall–Kier alpha value is -1.83. The Morgan fingerprint density at radius 3 is 2.73 bits per heavy atom. The summed E-state index contributed by atoms with van der Waals surface area (Å²) in [6, 6.07) is 0. The van der Waals surface area contributed by atoms with Crippen molar-refractivity contribution >= 4 is 34.5 Å². The van der Waals surface area contributed by atoms with E-state index in [1.807, 2.05) is 31.0 Å². The molecule has 1 N–H and O–H groups in total. The summed E-state index contributed by atoms with van der Waals surface area (Å²) in [6.07, 6.45) is 8.10. The van der Waals surface area contributed by atoms with Crippen molar-refractivity contribution in [3.05, 3.63) is 6.20 Å². The summed E-state index contributed by atoms with van der Waals surface area (Å²) in [7, 11) is 0. The number of rotatable bonds is 7. The molecule has 0 unspecified atom stereocenters. The third kappa shape index (κ3) is 4.47. The van der Waals surface area contributed by atoms with E-state index in [9.17, 15) is 4.79 Å². The average Bonchev–Trinajstić information content (AvgIpc) is 3.04. The highest BCUT2D eigenvalue weighted by molar-refractivity contribution is 7.98. The first kappa shape index (κ1) is 18.9. The molecule has 7 nitrogen and oxygen atoms in total. The molecule has 0 atom stereocenters. The maximum atomic E-state index is 11.8. The van der Waals surface area contributed by atoms with Gasteiger partial charge in [-0.2, -0.15) is 5.10 Å². The number of piperidine rings is 1. The molecule has 0 spiro atoms. The van der Waals surface area contributed by atoms with Gasteiger partial charge in [0.2, 0.25) is 5.91 Å². The Kier molecular flexibility index (Phi) is 6.34. The first-order valence-corrected chi connectivity index (χ1v) is 10.6. The lowest BCUT2D eigenvalue weighted by atomic mass is 10.1. The predicted octanol–water partition coefficient (Wildman–Crippen LogP) is 2.70. The van der Waals surface area contributed by atoms with Crippen LogP contribution in [0.1, 0.15) is 39.5 Å². The number of thioether (sulfide) groups is 1. The van der Waals surface area contributed by atoms with Gasteiger partial charge in [0, 0.05) is 26.1 Å². The van der Waals surface area contributed by atoms with Gasteiger partial charge in [-0.25, -0.2) is 14.6 Å². The molecule has 1 aliphatic rings. The summed E-state index contributed by atoms with van der Waals surface area (Å²) >= 11 is 1.55. The number of hydrogen-bond acceptors (Lipinski definition) is 6. The van der Waals surface area contributed by atoms with Crippen LogP contribution in [0.15, 0.2) is 11.4 Å². The van der Waals surface area contributed by atoms with Crippen LogP contribution in [0, 0.1) is 5.92 Å². The smallest absolute Gasteiger partial charge is 0.220 e. The van der Waals surface area contributed by atoms with E-state index >= 15 is 0 Å². The molecule has 1 aliphatic heterocycles. The SMILES string of the molecule is CSc1nc(N2CCCCC2)c2cnn(CCNC(=O)CC(C)C)c2n1. The van der Waals surface area contributed by atoms with E-state index in [-0.39, 0.29) is 5.91 Å². The van der Waals surface area contributed by atoms with Crippen LogP contribution in [-0.4, -0.2) is 51.5 Å². The predicted molar refractivity (Wildman–Crippen MR) is 106 cm³/mol. The van der Waals surface area contributed by atoms with Crippen LogP contribution >= 0.6 is 11.8 Å². The minimum atomic E-state index is 0.0879. The van der Waals surface area contributed by atoms with E-state index in [1.54, 1.807) is 11.8 Å². The van der Waals surface area contributed by atoms with E-state index in [2.05, 4.69) is 20.3 Å². The summed E-state index contributed by atoms with van der Waals surface area (Å²) in [5.41, 5.74) is 0.850. The molecule has 8 heteroatoms. The number of amides is 1. The molecule has 1 saturated heterocycles. The molecule has 0 bridgehead atoms. The zero-order valence-corrected chi connectivity index (χ0v) is 16.7. The minimum Gasteiger partial charge on any atom is -0.356 e. The van der Waals surface area contributed by atoms with Gasteiger partial charge in [-0.15, -0.1) is 0 Å². The van der Waals surface area contributed by atoms with Gasteiger partial charge in [-0.3, -0.25) is 4.79 Å². The number of carbonyl (C=O) groups excluding carboxylic acids is 1. The largest absolute Gasteiger partial charge is 0.356 e. The summed E-state index contributed by atoms with van der Waals surface area (Å²) in [4.78, 5) is 23.6. The molecule has 2 aromatic rings. The molecule has 0 aromatic carbocycles. The molecule has 1 fully saturated rings. The maximum Gasteiger partial charge on any atom is 0.220 e. The van der Waals surface area contributed by atoms with Crippen LogP contribution in [0.3, 0.4) is 0 Å². The highest BCUT2D eigenvalue weighted by Gasteiger charge is 2.19. The van der Waals surface area contributed by atoms with Crippen LogP contribution in [0.4, 0.5) is 5.82 Å². The molecule has 2 aromatic heterocycles. The lowest BCUT2D eigenvalue weighted by Crippen LogP contribution is -2.30. The number of aromatic nitrogens is 4. The van der Waals surface area contributed by atoms with Crippen molar-refractivity contribution in [2.24, 2.45) is 5.92 Å². The molecule has 0 saturated carbocycles. The number of fused-ring (bicyclic) bond motifs is 1. The van der Waals surface area contributed by atoms with E-state index in [0.29, 0.717) is 25.4 Å². The number of hydrogen-bond donors (Lipinski definition) is 1. The molecule has 3 heterocycles. The van der Waals surface area contributed by atoms with Crippen molar-refractivity contribution in [1.82, 2.24) is 25.1 Å². The Balaban J connectivity index is 1.78. The van der Waals surface area contributed by atoms with Gasteiger partial charge in [0.25, 0.3) is 0 Å². The van der Waals surface area contributed by atoms with Gasteiger partial charge in [0.1, 0.15) is 5.82 Å². The molecule has 26 heavy (non-hydrogen) atoms. The lowest BCUT2D eigenvalue weighted by molar-refractivity contribution is -0.121. The monoisotopic (exact) mass is 376 g/mol. The first-order valence-electron chi connectivity index (χ1n) is 9.37. The first-order chi connectivity index (χ1) is 12.6. The maximum absolute atomic E-state index is 11.8. The molecular weight excluding hydrogens is 348 g/mol. The van der Waals surface area contributed by atoms with Crippen molar-refractivity contribution in [3.63, 3.8) is 0 Å². The van der Waals surface area contributed by atoms with Crippen LogP contribution < -0.4 is 10.2 Å². The molecule has 1 amide bonds. The van der Waals surface area contributed by atoms with Gasteiger partial charge in [0.05, 0.1) is 18.1 Å². The standard InChI is InChI=1S/C18H28N6OS/c1-13(2)11-15(25)19-7-10-24-17-14(12-20-24)16(21-18(22-17)26-3)23-8-5-4-6-9-23/h12-13H,4-11H2,1-3H3,(H,19,25).